The molecule has 0 radical (unpaired) electrons. The Kier molecular flexibility index (Phi) is 7.23. The van der Waals surface area contributed by atoms with Crippen LogP contribution in [-0.2, 0) is 14.8 Å². The van der Waals surface area contributed by atoms with E-state index in [2.05, 4.69) is 26.8 Å². The van der Waals surface area contributed by atoms with E-state index in [1.807, 2.05) is 49.4 Å². The second-order valence-electron chi connectivity index (χ2n) is 12.5. The van der Waals surface area contributed by atoms with Gasteiger partial charge in [-0.1, -0.05) is 37.3 Å². The van der Waals surface area contributed by atoms with Gasteiger partial charge in [0.1, 0.15) is 4.90 Å². The van der Waals surface area contributed by atoms with E-state index in [4.69, 9.17) is 0 Å². The molecular formula is C31H42N4O3S. The summed E-state index contributed by atoms with van der Waals surface area (Å²) in [5.41, 5.74) is 1.89. The third kappa shape index (κ3) is 5.35. The summed E-state index contributed by atoms with van der Waals surface area (Å²) in [6.07, 6.45) is 6.77. The molecule has 5 aliphatic rings. The maximum absolute atomic E-state index is 13.9. The van der Waals surface area contributed by atoms with Gasteiger partial charge in [0.05, 0.1) is 11.1 Å². The lowest BCUT2D eigenvalue weighted by Gasteiger charge is -2.55. The van der Waals surface area contributed by atoms with Crippen LogP contribution < -0.4 is 14.9 Å². The number of carbonyl (C=O) groups excluding carboxylic acids is 1. The lowest BCUT2D eigenvalue weighted by molar-refractivity contribution is -0.140. The quantitative estimate of drug-likeness (QED) is 0.482. The first kappa shape index (κ1) is 26.8. The van der Waals surface area contributed by atoms with Gasteiger partial charge < -0.3 is 15.1 Å². The molecule has 8 heteroatoms. The number of hydrogen-bond donors (Lipinski definition) is 2. The molecule has 0 spiro atoms. The molecule has 1 aliphatic heterocycles. The highest BCUT2D eigenvalue weighted by Gasteiger charge is 2.54. The molecule has 2 aromatic carbocycles. The number of hydrogen-bond acceptors (Lipinski definition) is 5. The Morgan fingerprint density at radius 1 is 0.949 bits per heavy atom. The lowest BCUT2D eigenvalue weighted by Crippen LogP contribution is -2.51. The van der Waals surface area contributed by atoms with Gasteiger partial charge in [-0.25, -0.2) is 13.1 Å². The summed E-state index contributed by atoms with van der Waals surface area (Å²) >= 11 is 0. The van der Waals surface area contributed by atoms with Crippen molar-refractivity contribution in [2.24, 2.45) is 23.2 Å². The Bertz CT molecular complexity index is 1270. The van der Waals surface area contributed by atoms with Crippen molar-refractivity contribution in [2.75, 3.05) is 42.9 Å². The van der Waals surface area contributed by atoms with Crippen LogP contribution in [0.25, 0.3) is 0 Å². The zero-order valence-electron chi connectivity index (χ0n) is 23.2. The average molecular weight is 551 g/mol. The number of nitrogens with one attached hydrogen (secondary N) is 2. The second-order valence-corrected chi connectivity index (χ2v) is 14.2. The van der Waals surface area contributed by atoms with E-state index in [0.29, 0.717) is 29.1 Å². The van der Waals surface area contributed by atoms with Gasteiger partial charge >= 0.3 is 0 Å². The number of carbonyl (C=O) groups is 1. The molecule has 2 aromatic rings. The van der Waals surface area contributed by atoms with E-state index in [0.717, 1.165) is 57.5 Å². The molecule has 4 aliphatic carbocycles. The second kappa shape index (κ2) is 10.5. The molecular weight excluding hydrogens is 508 g/mol. The van der Waals surface area contributed by atoms with Gasteiger partial charge in [0.2, 0.25) is 15.9 Å². The van der Waals surface area contributed by atoms with Crippen molar-refractivity contribution < 1.29 is 13.2 Å². The van der Waals surface area contributed by atoms with Crippen molar-refractivity contribution in [1.82, 2.24) is 9.62 Å². The Morgan fingerprint density at radius 2 is 1.56 bits per heavy atom. The van der Waals surface area contributed by atoms with Crippen molar-refractivity contribution in [2.45, 2.75) is 63.3 Å². The van der Waals surface area contributed by atoms with Crippen LogP contribution in [0.2, 0.25) is 0 Å². The van der Waals surface area contributed by atoms with E-state index in [1.54, 1.807) is 6.07 Å². The molecule has 1 saturated heterocycles. The summed E-state index contributed by atoms with van der Waals surface area (Å²) in [6.45, 7) is 8.34. The number of nitrogens with zero attached hydrogens (tertiary/aromatic N) is 2. The predicted octanol–water partition coefficient (Wildman–Crippen LogP) is 5.02. The van der Waals surface area contributed by atoms with E-state index in [-0.39, 0.29) is 22.3 Å². The Balaban J connectivity index is 1.28. The molecule has 0 aromatic heterocycles. The third-order valence-corrected chi connectivity index (χ3v) is 11.4. The third-order valence-electron chi connectivity index (χ3n) is 9.82. The SMILES string of the molecule is CCN1CCN(c2ccc(NC(=O)C34CC5CC(CC(C5)C3)C4)cc2S(=O)(=O)NC(C)c2ccccc2)CC1. The zero-order chi connectivity index (χ0) is 27.2. The van der Waals surface area contributed by atoms with Crippen LogP contribution in [0, 0.1) is 23.2 Å². The van der Waals surface area contributed by atoms with Crippen molar-refractivity contribution in [1.29, 1.82) is 0 Å². The summed E-state index contributed by atoms with van der Waals surface area (Å²) in [5.74, 6) is 2.10. The van der Waals surface area contributed by atoms with Crippen molar-refractivity contribution in [3.8, 4) is 0 Å². The largest absolute Gasteiger partial charge is 0.368 e. The van der Waals surface area contributed by atoms with Gasteiger partial charge in [0.15, 0.2) is 0 Å². The minimum atomic E-state index is -3.87. The Labute approximate surface area is 233 Å². The minimum Gasteiger partial charge on any atom is -0.368 e. The molecule has 7 nitrogen and oxygen atoms in total. The maximum atomic E-state index is 13.9. The van der Waals surface area contributed by atoms with Gasteiger partial charge in [0, 0.05) is 37.9 Å². The Morgan fingerprint density at radius 3 is 2.15 bits per heavy atom. The van der Waals surface area contributed by atoms with Gasteiger partial charge in [-0.05, 0) is 93.5 Å². The predicted molar refractivity (Wildman–Crippen MR) is 155 cm³/mol. The van der Waals surface area contributed by atoms with Crippen molar-refractivity contribution in [3.05, 3.63) is 54.1 Å². The molecule has 1 atom stereocenters. The number of likely N-dealkylation sites (N-methyl/N-ethyl adjacent to an activating group) is 1. The Hall–Kier alpha value is -2.42. The maximum Gasteiger partial charge on any atom is 0.243 e. The molecule has 1 amide bonds. The molecule has 2 N–H and O–H groups in total. The number of piperazine rings is 1. The monoisotopic (exact) mass is 550 g/mol. The van der Waals surface area contributed by atoms with Crippen LogP contribution >= 0.6 is 0 Å². The molecule has 5 fully saturated rings. The van der Waals surface area contributed by atoms with Crippen LogP contribution in [0.15, 0.2) is 53.4 Å². The van der Waals surface area contributed by atoms with Crippen LogP contribution in [0.1, 0.15) is 64.0 Å². The van der Waals surface area contributed by atoms with E-state index >= 15 is 0 Å². The first-order valence-corrected chi connectivity index (χ1v) is 16.2. The number of sulfonamides is 1. The van der Waals surface area contributed by atoms with Gasteiger partial charge in [-0.3, -0.25) is 4.79 Å². The molecule has 4 bridgehead atoms. The number of amides is 1. The summed E-state index contributed by atoms with van der Waals surface area (Å²) in [6, 6.07) is 14.7. The normalized spacial score (nSPS) is 29.4. The topological polar surface area (TPSA) is 81.8 Å². The van der Waals surface area contributed by atoms with Gasteiger partial charge in [0.25, 0.3) is 0 Å². The van der Waals surface area contributed by atoms with Gasteiger partial charge in [-0.2, -0.15) is 0 Å². The van der Waals surface area contributed by atoms with E-state index < -0.39 is 10.0 Å². The lowest BCUT2D eigenvalue weighted by atomic mass is 9.49. The minimum absolute atomic E-state index is 0.0832. The van der Waals surface area contributed by atoms with Crippen LogP contribution in [0.5, 0.6) is 0 Å². The molecule has 210 valence electrons. The highest BCUT2D eigenvalue weighted by molar-refractivity contribution is 7.89. The molecule has 1 unspecified atom stereocenters. The van der Waals surface area contributed by atoms with E-state index in [1.165, 1.54) is 19.3 Å². The number of benzene rings is 2. The first-order valence-electron chi connectivity index (χ1n) is 14.7. The van der Waals surface area contributed by atoms with Crippen LogP contribution in [0.4, 0.5) is 11.4 Å². The molecule has 4 saturated carbocycles. The fourth-order valence-corrected chi connectivity index (χ4v) is 9.61. The summed E-state index contributed by atoms with van der Waals surface area (Å²) in [4.78, 5) is 18.5. The summed E-state index contributed by atoms with van der Waals surface area (Å²) in [7, 11) is -3.87. The van der Waals surface area contributed by atoms with Crippen molar-refractivity contribution in [3.63, 3.8) is 0 Å². The molecule has 7 rings (SSSR count). The fraction of sp³-hybridized carbons (Fsp3) is 0.581. The highest BCUT2D eigenvalue weighted by atomic mass is 32.2. The molecule has 1 heterocycles. The van der Waals surface area contributed by atoms with Crippen molar-refractivity contribution >= 4 is 27.3 Å². The average Bonchev–Trinajstić information content (AvgIpc) is 2.92. The fourth-order valence-electron chi connectivity index (χ4n) is 8.13. The standard InChI is InChI=1S/C31H42N4O3S/c1-3-34-11-13-35(14-12-34)28-10-9-27(18-29(28)39(37,38)33-22(2)26-7-5-4-6-8-26)32-30(36)31-19-23-15-24(20-31)17-25(16-23)21-31/h4-10,18,22-25,33H,3,11-17,19-21H2,1-2H3,(H,32,36). The molecule has 39 heavy (non-hydrogen) atoms. The zero-order valence-corrected chi connectivity index (χ0v) is 24.1. The van der Waals surface area contributed by atoms with Crippen LogP contribution in [0.3, 0.4) is 0 Å². The van der Waals surface area contributed by atoms with E-state index in [9.17, 15) is 13.2 Å². The highest BCUT2D eigenvalue weighted by Crippen LogP contribution is 2.60. The number of anilines is 2. The smallest absolute Gasteiger partial charge is 0.243 e. The first-order chi connectivity index (χ1) is 18.7. The summed E-state index contributed by atoms with van der Waals surface area (Å²) < 4.78 is 30.7. The van der Waals surface area contributed by atoms with Gasteiger partial charge in [-0.15, -0.1) is 0 Å². The summed E-state index contributed by atoms with van der Waals surface area (Å²) in [5, 5.41) is 3.18. The van der Waals surface area contributed by atoms with Crippen LogP contribution in [-0.4, -0.2) is 51.9 Å². The number of rotatable bonds is 8.